The summed E-state index contributed by atoms with van der Waals surface area (Å²) in [4.78, 5) is 21.4. The second-order valence-corrected chi connectivity index (χ2v) is 5.28. The third-order valence-electron chi connectivity index (χ3n) is 3.62. The van der Waals surface area contributed by atoms with E-state index >= 15 is 0 Å². The van der Waals surface area contributed by atoms with Crippen LogP contribution in [0.3, 0.4) is 0 Å². The monoisotopic (exact) mass is 344 g/mol. The Morgan fingerprint density at radius 3 is 1.60 bits per heavy atom. The maximum atomic E-state index is 10.7. The summed E-state index contributed by atoms with van der Waals surface area (Å²) in [6.45, 7) is 0.872. The molecule has 0 fully saturated rings. The molecule has 0 aliphatic heterocycles. The minimum Gasteiger partial charge on any atom is -0.493 e. The van der Waals surface area contributed by atoms with Crippen LogP contribution in [0.4, 0.5) is 0 Å². The highest BCUT2D eigenvalue weighted by atomic mass is 16.5. The fraction of sp³-hybridized carbons (Fsp3) is 0.368. The number of allylic oxidation sites excluding steroid dienone is 6. The average Bonchev–Trinajstić information content (AvgIpc) is 2.67. The number of ether oxygens (including phenoxy) is 4. The Balaban J connectivity index is 1.77. The van der Waals surface area contributed by atoms with Gasteiger partial charge < -0.3 is 18.9 Å². The van der Waals surface area contributed by atoms with Crippen LogP contribution in [-0.2, 0) is 28.5 Å². The summed E-state index contributed by atoms with van der Waals surface area (Å²) < 4.78 is 21.8. The van der Waals surface area contributed by atoms with Crippen molar-refractivity contribution in [1.82, 2.24) is 0 Å². The lowest BCUT2D eigenvalue weighted by Gasteiger charge is -2.18. The van der Waals surface area contributed by atoms with E-state index in [2.05, 4.69) is 0 Å². The fourth-order valence-corrected chi connectivity index (χ4v) is 2.33. The number of rotatable bonds is 8. The van der Waals surface area contributed by atoms with Gasteiger partial charge in [-0.2, -0.15) is 0 Å². The lowest BCUT2D eigenvalue weighted by molar-refractivity contribution is 0.129. The summed E-state index contributed by atoms with van der Waals surface area (Å²) in [5.41, 5.74) is 1.05. The molecule has 0 spiro atoms. The first-order valence-electron chi connectivity index (χ1n) is 7.87. The van der Waals surface area contributed by atoms with Gasteiger partial charge >= 0.3 is 0 Å². The van der Waals surface area contributed by atoms with Crippen molar-refractivity contribution in [2.45, 2.75) is 19.3 Å². The minimum atomic E-state index is 0.436. The van der Waals surface area contributed by atoms with E-state index in [-0.39, 0.29) is 0 Å². The third-order valence-corrected chi connectivity index (χ3v) is 3.62. The van der Waals surface area contributed by atoms with Crippen LogP contribution in [0, 0.1) is 0 Å². The third kappa shape index (κ3) is 5.01. The second kappa shape index (κ2) is 9.38. The molecule has 2 rings (SSSR count). The Morgan fingerprint density at radius 1 is 0.800 bits per heavy atom. The molecule has 132 valence electrons. The van der Waals surface area contributed by atoms with E-state index in [4.69, 9.17) is 18.9 Å². The SMILES string of the molecule is COC1=CC(=C=O)CC=C1OCCCOC1=CCC(=C=O)C=C1OC. The van der Waals surface area contributed by atoms with E-state index in [0.717, 1.165) is 0 Å². The van der Waals surface area contributed by atoms with Crippen LogP contribution in [-0.4, -0.2) is 39.3 Å². The molecule has 6 heteroatoms. The molecule has 2 aliphatic rings. The van der Waals surface area contributed by atoms with Crippen molar-refractivity contribution in [2.24, 2.45) is 0 Å². The van der Waals surface area contributed by atoms with E-state index in [1.54, 1.807) is 24.3 Å². The molecule has 0 unspecified atom stereocenters. The van der Waals surface area contributed by atoms with Gasteiger partial charge in [-0.05, 0) is 24.3 Å². The summed E-state index contributed by atoms with van der Waals surface area (Å²) >= 11 is 0. The normalized spacial score (nSPS) is 16.6. The number of hydrogen-bond acceptors (Lipinski definition) is 6. The molecule has 0 atom stereocenters. The Morgan fingerprint density at radius 2 is 1.24 bits per heavy atom. The molecule has 25 heavy (non-hydrogen) atoms. The highest BCUT2D eigenvalue weighted by molar-refractivity contribution is 5.61. The quantitative estimate of drug-likeness (QED) is 0.498. The van der Waals surface area contributed by atoms with Gasteiger partial charge in [0.1, 0.15) is 11.9 Å². The van der Waals surface area contributed by atoms with Crippen molar-refractivity contribution in [2.75, 3.05) is 27.4 Å². The highest BCUT2D eigenvalue weighted by Gasteiger charge is 2.15. The molecule has 0 bridgehead atoms. The minimum absolute atomic E-state index is 0.436. The average molecular weight is 344 g/mol. The number of methoxy groups -OCH3 is 2. The molecule has 0 radical (unpaired) electrons. The predicted molar refractivity (Wildman–Crippen MR) is 90.5 cm³/mol. The predicted octanol–water partition coefficient (Wildman–Crippen LogP) is 2.56. The van der Waals surface area contributed by atoms with Crippen molar-refractivity contribution in [3.63, 3.8) is 0 Å². The summed E-state index contributed by atoms with van der Waals surface area (Å²) in [6.07, 6.45) is 8.44. The van der Waals surface area contributed by atoms with Gasteiger partial charge in [-0.25, -0.2) is 9.59 Å². The topological polar surface area (TPSA) is 71.1 Å². The van der Waals surface area contributed by atoms with Gasteiger partial charge in [0.05, 0.1) is 27.4 Å². The molecular weight excluding hydrogens is 324 g/mol. The van der Waals surface area contributed by atoms with Crippen molar-refractivity contribution >= 4 is 11.9 Å². The van der Waals surface area contributed by atoms with Crippen LogP contribution in [0.15, 0.2) is 58.5 Å². The van der Waals surface area contributed by atoms with Gasteiger partial charge in [0.2, 0.25) is 0 Å². The van der Waals surface area contributed by atoms with Gasteiger partial charge in [-0.15, -0.1) is 0 Å². The first-order chi connectivity index (χ1) is 12.2. The van der Waals surface area contributed by atoms with E-state index in [9.17, 15) is 9.59 Å². The lowest BCUT2D eigenvalue weighted by atomic mass is 10.1. The van der Waals surface area contributed by atoms with Gasteiger partial charge in [0.25, 0.3) is 0 Å². The summed E-state index contributed by atoms with van der Waals surface area (Å²) in [5, 5.41) is 0. The second-order valence-electron chi connectivity index (χ2n) is 5.28. The highest BCUT2D eigenvalue weighted by Crippen LogP contribution is 2.24. The lowest BCUT2D eigenvalue weighted by Crippen LogP contribution is -2.08. The largest absolute Gasteiger partial charge is 0.493 e. The Hall–Kier alpha value is -2.94. The molecule has 0 saturated carbocycles. The van der Waals surface area contributed by atoms with Gasteiger partial charge in [0.15, 0.2) is 23.0 Å². The molecular formula is C19H20O6. The standard InChI is InChI=1S/C19H20O6/c1-22-18-10-14(12-20)4-6-16(18)24-8-3-9-25-17-7-5-15(13-21)11-19(17)23-2/h6-7,10-11H,3-5,8-9H2,1-2H3. The first kappa shape index (κ1) is 18.4. The van der Waals surface area contributed by atoms with Crippen LogP contribution < -0.4 is 0 Å². The zero-order valence-electron chi connectivity index (χ0n) is 14.3. The molecule has 6 nitrogen and oxygen atoms in total. The van der Waals surface area contributed by atoms with Crippen LogP contribution >= 0.6 is 0 Å². The Bertz CT molecular complexity index is 663. The van der Waals surface area contributed by atoms with Crippen molar-refractivity contribution in [1.29, 1.82) is 0 Å². The zero-order chi connectivity index (χ0) is 18.1. The zero-order valence-corrected chi connectivity index (χ0v) is 14.3. The fourth-order valence-electron chi connectivity index (χ4n) is 2.33. The van der Waals surface area contributed by atoms with Gasteiger partial charge in [-0.3, -0.25) is 0 Å². The molecule has 0 N–H and O–H groups in total. The molecule has 0 aromatic heterocycles. The van der Waals surface area contributed by atoms with Crippen LogP contribution in [0.5, 0.6) is 0 Å². The van der Waals surface area contributed by atoms with Crippen molar-refractivity contribution < 1.29 is 28.5 Å². The molecule has 0 aromatic rings. The summed E-state index contributed by atoms with van der Waals surface area (Å²) in [6, 6.07) is 0. The van der Waals surface area contributed by atoms with E-state index < -0.39 is 0 Å². The van der Waals surface area contributed by atoms with E-state index in [1.807, 2.05) is 11.9 Å². The van der Waals surface area contributed by atoms with Gasteiger partial charge in [0, 0.05) is 30.4 Å². The van der Waals surface area contributed by atoms with Gasteiger partial charge in [-0.1, -0.05) is 0 Å². The van der Waals surface area contributed by atoms with E-state index in [1.165, 1.54) is 14.2 Å². The Kier molecular flexibility index (Phi) is 6.90. The number of hydrogen-bond donors (Lipinski definition) is 0. The summed E-state index contributed by atoms with van der Waals surface area (Å²) in [5.74, 6) is 5.96. The van der Waals surface area contributed by atoms with Crippen LogP contribution in [0.25, 0.3) is 0 Å². The van der Waals surface area contributed by atoms with Crippen LogP contribution in [0.2, 0.25) is 0 Å². The molecule has 2 aliphatic carbocycles. The number of carbonyl (C=O) groups excluding carboxylic acids is 2. The van der Waals surface area contributed by atoms with E-state index in [0.29, 0.717) is 66.7 Å². The molecule has 0 heterocycles. The Labute approximate surface area is 146 Å². The smallest absolute Gasteiger partial charge is 0.161 e. The van der Waals surface area contributed by atoms with Crippen molar-refractivity contribution in [3.05, 3.63) is 58.5 Å². The molecule has 0 amide bonds. The first-order valence-corrected chi connectivity index (χ1v) is 7.87. The maximum absolute atomic E-state index is 10.7. The molecule has 0 aromatic carbocycles. The summed E-state index contributed by atoms with van der Waals surface area (Å²) in [7, 11) is 3.05. The maximum Gasteiger partial charge on any atom is 0.161 e. The van der Waals surface area contributed by atoms with Crippen molar-refractivity contribution in [3.8, 4) is 0 Å². The molecule has 0 saturated heterocycles. The van der Waals surface area contributed by atoms with Crippen LogP contribution in [0.1, 0.15) is 19.3 Å².